The highest BCUT2D eigenvalue weighted by molar-refractivity contribution is 7.77. The Labute approximate surface area is 456 Å². The maximum atomic E-state index is 8.87. The standard InChI is InChI=1S/4C14H11ClN.2ClH2O3P/c4*1-16-12-8-4-2-6-10(12)14(15)11-7-3-5-9-13(11)16;2*1-5(2,3)4/h4*2-9H,1H3;2*(H2,2,3,4)/q4*+1;;/p-4. The first-order valence-corrected chi connectivity index (χ1v) is 28.8. The van der Waals surface area contributed by atoms with E-state index in [0.29, 0.717) is 0 Å². The van der Waals surface area contributed by atoms with Crippen LogP contribution in [0.25, 0.3) is 87.2 Å². The van der Waals surface area contributed by atoms with Crippen molar-refractivity contribution in [3.05, 3.63) is 214 Å². The van der Waals surface area contributed by atoms with Crippen molar-refractivity contribution in [1.82, 2.24) is 0 Å². The molecule has 0 aliphatic heterocycles. The lowest BCUT2D eigenvalue weighted by Gasteiger charge is -2.18. The lowest BCUT2D eigenvalue weighted by molar-refractivity contribution is -0.617. The number of fused-ring (bicyclic) bond motifs is 8. The van der Waals surface area contributed by atoms with Gasteiger partial charge < -0.3 is 28.7 Å². The lowest BCUT2D eigenvalue weighted by Crippen LogP contribution is -2.30. The van der Waals surface area contributed by atoms with Crippen molar-refractivity contribution in [2.45, 2.75) is 0 Å². The van der Waals surface area contributed by atoms with Crippen molar-refractivity contribution in [3.63, 3.8) is 0 Å². The van der Waals surface area contributed by atoms with Gasteiger partial charge >= 0.3 is 0 Å². The Morgan fingerprint density at radius 3 is 0.473 bits per heavy atom. The fourth-order valence-electron chi connectivity index (χ4n) is 8.71. The van der Waals surface area contributed by atoms with Crippen LogP contribution in [0, 0.1) is 0 Å². The van der Waals surface area contributed by atoms with E-state index in [1.165, 1.54) is 0 Å². The van der Waals surface area contributed by atoms with Crippen LogP contribution >= 0.6 is 82.8 Å². The molecule has 74 heavy (non-hydrogen) atoms. The third-order valence-corrected chi connectivity index (χ3v) is 13.6. The molecule has 0 unspecified atom stereocenters. The molecule has 0 fully saturated rings. The van der Waals surface area contributed by atoms with E-state index in [9.17, 15) is 0 Å². The molecule has 8 aromatic carbocycles. The van der Waals surface area contributed by atoms with Gasteiger partial charge in [-0.3, -0.25) is 0 Å². The molecule has 0 aliphatic carbocycles. The molecular weight excluding hydrogens is 1100 g/mol. The van der Waals surface area contributed by atoms with Gasteiger partial charge in [-0.15, -0.1) is 0 Å². The average molecular weight is 1140 g/mol. The summed E-state index contributed by atoms with van der Waals surface area (Å²) in [5.74, 6) is 0. The summed E-state index contributed by atoms with van der Waals surface area (Å²) in [4.78, 5) is 35.5. The zero-order valence-corrected chi connectivity index (χ0v) is 46.2. The SMILES string of the molecule is C[n+]1c2ccccc2c(Cl)c2ccccc21.C[n+]1c2ccccc2c(Cl)c2ccccc21.C[n+]1c2ccccc2c(Cl)c2ccccc21.C[n+]1c2ccccc2c(Cl)c2ccccc21.O=P([O-])([O-])Cl.O=P([O-])([O-])Cl. The van der Waals surface area contributed by atoms with E-state index in [1.807, 2.05) is 97.1 Å². The Balaban J connectivity index is 0.000000136. The summed E-state index contributed by atoms with van der Waals surface area (Å²) in [6.07, 6.45) is 0. The summed E-state index contributed by atoms with van der Waals surface area (Å²) in [6, 6.07) is 65.6. The second kappa shape index (κ2) is 24.4. The van der Waals surface area contributed by atoms with Gasteiger partial charge in [-0.1, -0.05) is 166 Å². The molecule has 12 aromatic rings. The molecule has 0 saturated heterocycles. The minimum atomic E-state index is -4.67. The number of rotatable bonds is 0. The quantitative estimate of drug-likeness (QED) is 0.0841. The summed E-state index contributed by atoms with van der Waals surface area (Å²) in [7, 11) is 8.28. The summed E-state index contributed by atoms with van der Waals surface area (Å²) >= 11 is 33.7. The lowest BCUT2D eigenvalue weighted by atomic mass is 10.1. The highest BCUT2D eigenvalue weighted by Gasteiger charge is 2.18. The number of benzene rings is 8. The van der Waals surface area contributed by atoms with Gasteiger partial charge in [0.05, 0.1) is 63.2 Å². The summed E-state index contributed by atoms with van der Waals surface area (Å²) in [5.41, 5.74) is 9.27. The van der Waals surface area contributed by atoms with Gasteiger partial charge in [-0.25, -0.2) is 0 Å². The predicted octanol–water partition coefficient (Wildman–Crippen LogP) is 12.0. The second-order valence-electron chi connectivity index (χ2n) is 16.5. The number of halogens is 6. The number of aryl methyl sites for hydroxylation is 4. The average Bonchev–Trinajstić information content (AvgIpc) is 3.40. The molecule has 0 aliphatic rings. The molecule has 10 nitrogen and oxygen atoms in total. The molecule has 0 saturated carbocycles. The Morgan fingerprint density at radius 1 is 0.270 bits per heavy atom. The number of aromatic nitrogens is 4. The first-order valence-electron chi connectivity index (χ1n) is 22.4. The highest BCUT2D eigenvalue weighted by Crippen LogP contribution is 2.33. The predicted molar refractivity (Wildman–Crippen MR) is 297 cm³/mol. The number of nitrogens with zero attached hydrogens (tertiary/aromatic N) is 4. The van der Waals surface area contributed by atoms with Gasteiger partial charge in [0.2, 0.25) is 44.1 Å². The molecule has 0 bridgehead atoms. The van der Waals surface area contributed by atoms with Crippen LogP contribution in [0.1, 0.15) is 0 Å². The smallest absolute Gasteiger partial charge is 0.214 e. The molecule has 0 spiro atoms. The second-order valence-corrected chi connectivity index (χ2v) is 22.2. The minimum Gasteiger partial charge on any atom is -0.799 e. The third-order valence-electron chi connectivity index (χ3n) is 12.0. The van der Waals surface area contributed by atoms with Gasteiger partial charge in [0.1, 0.15) is 28.2 Å². The van der Waals surface area contributed by atoms with Crippen LogP contribution in [-0.4, -0.2) is 0 Å². The Bertz CT molecular complexity index is 3150. The van der Waals surface area contributed by atoms with Crippen molar-refractivity contribution in [1.29, 1.82) is 0 Å². The van der Waals surface area contributed by atoms with Crippen LogP contribution in [0.5, 0.6) is 0 Å². The van der Waals surface area contributed by atoms with Crippen LogP contribution < -0.4 is 37.8 Å². The van der Waals surface area contributed by atoms with Crippen LogP contribution in [0.4, 0.5) is 0 Å². The largest absolute Gasteiger partial charge is 0.799 e. The molecule has 18 heteroatoms. The number of hydrogen-bond acceptors (Lipinski definition) is 6. The van der Waals surface area contributed by atoms with E-state index in [2.05, 4.69) is 166 Å². The van der Waals surface area contributed by atoms with E-state index in [1.54, 1.807) is 0 Å². The summed E-state index contributed by atoms with van der Waals surface area (Å²) < 4.78 is 26.4. The van der Waals surface area contributed by atoms with E-state index < -0.39 is 13.9 Å². The maximum Gasteiger partial charge on any atom is 0.214 e. The van der Waals surface area contributed by atoms with Crippen LogP contribution in [-0.2, 0) is 37.3 Å². The van der Waals surface area contributed by atoms with Gasteiger partial charge in [-0.05, 0) is 48.5 Å². The number of para-hydroxylation sites is 8. The topological polar surface area (TPSA) is 142 Å². The van der Waals surface area contributed by atoms with Crippen molar-refractivity contribution in [3.8, 4) is 0 Å². The fourth-order valence-corrected chi connectivity index (χ4v) is 9.99. The molecule has 0 atom stereocenters. The van der Waals surface area contributed by atoms with Crippen molar-refractivity contribution in [2.75, 3.05) is 0 Å². The molecule has 4 heterocycles. The third kappa shape index (κ3) is 13.3. The van der Waals surface area contributed by atoms with Crippen LogP contribution in [0.15, 0.2) is 194 Å². The monoisotopic (exact) mass is 1140 g/mol. The molecule has 12 rings (SSSR count). The van der Waals surface area contributed by atoms with E-state index in [0.717, 1.165) is 107 Å². The van der Waals surface area contributed by atoms with Gasteiger partial charge in [-0.2, -0.15) is 18.3 Å². The first kappa shape index (κ1) is 56.2. The molecule has 376 valence electrons. The van der Waals surface area contributed by atoms with Crippen molar-refractivity contribution >= 4 is 170 Å². The highest BCUT2D eigenvalue weighted by atomic mass is 35.7. The number of pyridine rings is 4. The number of hydrogen-bond donors (Lipinski definition) is 0. The molecule has 4 aromatic heterocycles. The molecule has 0 amide bonds. The van der Waals surface area contributed by atoms with Crippen molar-refractivity contribution < 1.29 is 47.0 Å². The van der Waals surface area contributed by atoms with Crippen LogP contribution in [0.3, 0.4) is 0 Å². The zero-order chi connectivity index (χ0) is 53.5. The van der Waals surface area contributed by atoms with Gasteiger partial charge in [0.15, 0.2) is 0 Å². The Kier molecular flexibility index (Phi) is 18.6. The minimum absolute atomic E-state index is 0.837. The maximum absolute atomic E-state index is 8.87. The fraction of sp³-hybridized carbons (Fsp3) is 0.0714. The first-order chi connectivity index (χ1) is 35.2. The van der Waals surface area contributed by atoms with Gasteiger partial charge in [0, 0.05) is 62.4 Å². The molecule has 0 N–H and O–H groups in total. The normalized spacial score (nSPS) is 11.2. The van der Waals surface area contributed by atoms with Crippen LogP contribution in [0.2, 0.25) is 20.1 Å². The summed E-state index contributed by atoms with van der Waals surface area (Å²) in [5, 5.41) is 12.2. The zero-order valence-electron chi connectivity index (χ0n) is 39.9. The Hall–Kier alpha value is -5.52. The van der Waals surface area contributed by atoms with E-state index in [-0.39, 0.29) is 0 Å². The molecular formula is C56H44Cl6N4O6P2. The van der Waals surface area contributed by atoms with Crippen molar-refractivity contribution in [2.24, 2.45) is 28.2 Å². The van der Waals surface area contributed by atoms with Gasteiger partial charge in [0.25, 0.3) is 0 Å². The van der Waals surface area contributed by atoms with E-state index >= 15 is 0 Å². The molecule has 0 radical (unpaired) electrons. The summed E-state index contributed by atoms with van der Waals surface area (Å²) in [6.45, 7) is -9.33. The Morgan fingerprint density at radius 2 is 0.365 bits per heavy atom. The van der Waals surface area contributed by atoms with E-state index in [4.69, 9.17) is 75.1 Å².